The number of nitro benzene ring substituents is 1. The van der Waals surface area contributed by atoms with Gasteiger partial charge in [0.25, 0.3) is 5.69 Å². The third-order valence-electron chi connectivity index (χ3n) is 2.67. The molecule has 0 saturated carbocycles. The van der Waals surface area contributed by atoms with Gasteiger partial charge in [0.2, 0.25) is 0 Å². The molecule has 2 rings (SSSR count). The van der Waals surface area contributed by atoms with Gasteiger partial charge < -0.3 is 5.32 Å². The zero-order chi connectivity index (χ0) is 14.9. The van der Waals surface area contributed by atoms with Crippen LogP contribution in [0.3, 0.4) is 0 Å². The summed E-state index contributed by atoms with van der Waals surface area (Å²) >= 11 is 11.5. The van der Waals surface area contributed by atoms with Gasteiger partial charge in [0.05, 0.1) is 14.2 Å². The lowest BCUT2D eigenvalue weighted by atomic mass is 10.2. The highest BCUT2D eigenvalue weighted by molar-refractivity contribution is 14.1. The van der Waals surface area contributed by atoms with Crippen LogP contribution in [0.15, 0.2) is 34.8 Å². The fraction of sp³-hybridized carbons (Fsp3) is 0.0769. The first-order valence-corrected chi connectivity index (χ1v) is 7.80. The average Bonchev–Trinajstić information content (AvgIpc) is 2.35. The minimum atomic E-state index is -0.399. The van der Waals surface area contributed by atoms with Crippen molar-refractivity contribution in [1.82, 2.24) is 0 Å². The van der Waals surface area contributed by atoms with E-state index in [9.17, 15) is 10.1 Å². The summed E-state index contributed by atoms with van der Waals surface area (Å²) in [4.78, 5) is 10.4. The van der Waals surface area contributed by atoms with Gasteiger partial charge in [-0.3, -0.25) is 10.1 Å². The highest BCUT2D eigenvalue weighted by atomic mass is 127. The SMILES string of the molecule is Cc1cc(Br)c(Nc2ccc([N+](=O)[O-])c(I)c2)cc1Cl. The Morgan fingerprint density at radius 2 is 2.05 bits per heavy atom. The van der Waals surface area contributed by atoms with Gasteiger partial charge in [-0.25, -0.2) is 0 Å². The van der Waals surface area contributed by atoms with Crippen LogP contribution in [0, 0.1) is 20.6 Å². The first-order chi connectivity index (χ1) is 9.38. The lowest BCUT2D eigenvalue weighted by Gasteiger charge is -2.11. The third-order valence-corrected chi connectivity index (χ3v) is 4.60. The molecule has 0 aromatic heterocycles. The standard InChI is InChI=1S/C13H9BrClIN2O2/c1-7-4-9(14)12(6-10(7)15)17-8-2-3-13(18(19)20)11(16)5-8/h2-6,17H,1H3. The number of nitro groups is 1. The first kappa shape index (κ1) is 15.5. The normalized spacial score (nSPS) is 10.4. The second kappa shape index (κ2) is 6.28. The molecule has 0 heterocycles. The summed E-state index contributed by atoms with van der Waals surface area (Å²) in [5.41, 5.74) is 2.64. The van der Waals surface area contributed by atoms with E-state index >= 15 is 0 Å². The van der Waals surface area contributed by atoms with Gasteiger partial charge in [-0.15, -0.1) is 0 Å². The quantitative estimate of drug-likeness (QED) is 0.360. The number of rotatable bonds is 3. The molecule has 104 valence electrons. The number of anilines is 2. The van der Waals surface area contributed by atoms with Crippen molar-refractivity contribution in [3.8, 4) is 0 Å². The van der Waals surface area contributed by atoms with Crippen LogP contribution in [0.1, 0.15) is 5.56 Å². The lowest BCUT2D eigenvalue weighted by molar-refractivity contribution is -0.385. The first-order valence-electron chi connectivity index (χ1n) is 5.55. The largest absolute Gasteiger partial charge is 0.355 e. The van der Waals surface area contributed by atoms with E-state index in [1.54, 1.807) is 12.1 Å². The van der Waals surface area contributed by atoms with Gasteiger partial charge in [-0.2, -0.15) is 0 Å². The molecule has 0 unspecified atom stereocenters. The summed E-state index contributed by atoms with van der Waals surface area (Å²) in [6.45, 7) is 1.92. The Hall–Kier alpha value is -0.860. The Morgan fingerprint density at radius 3 is 2.65 bits per heavy atom. The molecule has 0 saturated heterocycles. The summed E-state index contributed by atoms with van der Waals surface area (Å²) < 4.78 is 1.46. The monoisotopic (exact) mass is 466 g/mol. The number of nitrogens with zero attached hydrogens (tertiary/aromatic N) is 1. The maximum Gasteiger partial charge on any atom is 0.282 e. The zero-order valence-corrected chi connectivity index (χ0v) is 14.8. The maximum absolute atomic E-state index is 10.8. The van der Waals surface area contributed by atoms with Crippen LogP contribution in [0.4, 0.5) is 17.1 Å². The molecule has 4 nitrogen and oxygen atoms in total. The van der Waals surface area contributed by atoms with Crippen LogP contribution >= 0.6 is 50.1 Å². The van der Waals surface area contributed by atoms with Crippen LogP contribution in [-0.4, -0.2) is 4.92 Å². The fourth-order valence-electron chi connectivity index (χ4n) is 1.63. The van der Waals surface area contributed by atoms with Gasteiger partial charge in [0.1, 0.15) is 0 Å². The summed E-state index contributed by atoms with van der Waals surface area (Å²) in [5.74, 6) is 0. The molecule has 0 aliphatic carbocycles. The van der Waals surface area contributed by atoms with E-state index in [0.717, 1.165) is 21.4 Å². The molecule has 0 amide bonds. The highest BCUT2D eigenvalue weighted by Gasteiger charge is 2.12. The molecule has 7 heteroatoms. The summed E-state index contributed by atoms with van der Waals surface area (Å²) in [7, 11) is 0. The molecule has 2 aromatic carbocycles. The Bertz CT molecular complexity index is 694. The van der Waals surface area contributed by atoms with Crippen LogP contribution in [0.2, 0.25) is 5.02 Å². The Balaban J connectivity index is 2.33. The third kappa shape index (κ3) is 3.42. The molecule has 20 heavy (non-hydrogen) atoms. The van der Waals surface area contributed by atoms with E-state index in [2.05, 4.69) is 21.2 Å². The molecule has 2 aromatic rings. The van der Waals surface area contributed by atoms with E-state index in [1.807, 2.05) is 41.6 Å². The molecule has 0 aliphatic rings. The second-order valence-electron chi connectivity index (χ2n) is 4.13. The molecular weight excluding hydrogens is 458 g/mol. The molecule has 0 spiro atoms. The van der Waals surface area contributed by atoms with E-state index < -0.39 is 4.92 Å². The topological polar surface area (TPSA) is 55.2 Å². The van der Waals surface area contributed by atoms with E-state index in [4.69, 9.17) is 11.6 Å². The molecule has 1 N–H and O–H groups in total. The average molecular weight is 467 g/mol. The van der Waals surface area contributed by atoms with Crippen LogP contribution in [0.5, 0.6) is 0 Å². The van der Waals surface area contributed by atoms with Crippen molar-refractivity contribution in [3.63, 3.8) is 0 Å². The summed E-state index contributed by atoms with van der Waals surface area (Å²) in [5, 5.41) is 14.6. The molecule has 0 bridgehead atoms. The lowest BCUT2D eigenvalue weighted by Crippen LogP contribution is -1.96. The molecule has 0 atom stereocenters. The number of benzene rings is 2. The summed E-state index contributed by atoms with van der Waals surface area (Å²) in [6.07, 6.45) is 0. The van der Waals surface area contributed by atoms with Crippen molar-refractivity contribution in [3.05, 3.63) is 59.1 Å². The minimum absolute atomic E-state index is 0.0946. The van der Waals surface area contributed by atoms with Crippen molar-refractivity contribution < 1.29 is 4.92 Å². The van der Waals surface area contributed by atoms with Crippen LogP contribution in [0.25, 0.3) is 0 Å². The Kier molecular flexibility index (Phi) is 4.87. The van der Waals surface area contributed by atoms with Gasteiger partial charge >= 0.3 is 0 Å². The van der Waals surface area contributed by atoms with Gasteiger partial charge in [-0.05, 0) is 75.3 Å². The molecule has 0 fully saturated rings. The van der Waals surface area contributed by atoms with Gasteiger partial charge in [-0.1, -0.05) is 11.6 Å². The van der Waals surface area contributed by atoms with Crippen molar-refractivity contribution in [1.29, 1.82) is 0 Å². The number of halogens is 3. The smallest absolute Gasteiger partial charge is 0.282 e. The summed E-state index contributed by atoms with van der Waals surface area (Å²) in [6, 6.07) is 8.60. The highest BCUT2D eigenvalue weighted by Crippen LogP contribution is 2.32. The second-order valence-corrected chi connectivity index (χ2v) is 6.55. The number of nitrogens with one attached hydrogen (secondary N) is 1. The molecular formula is C13H9BrClIN2O2. The molecule has 0 aliphatic heterocycles. The van der Waals surface area contributed by atoms with E-state index in [1.165, 1.54) is 6.07 Å². The van der Waals surface area contributed by atoms with Crippen molar-refractivity contribution >= 4 is 67.2 Å². The Morgan fingerprint density at radius 1 is 1.35 bits per heavy atom. The number of aryl methyl sites for hydroxylation is 1. The molecule has 0 radical (unpaired) electrons. The maximum atomic E-state index is 10.8. The van der Waals surface area contributed by atoms with E-state index in [-0.39, 0.29) is 5.69 Å². The number of hydrogen-bond donors (Lipinski definition) is 1. The van der Waals surface area contributed by atoms with Gasteiger partial charge in [0.15, 0.2) is 0 Å². The van der Waals surface area contributed by atoms with Gasteiger partial charge in [0, 0.05) is 21.2 Å². The van der Waals surface area contributed by atoms with Crippen molar-refractivity contribution in [2.75, 3.05) is 5.32 Å². The van der Waals surface area contributed by atoms with Crippen LogP contribution < -0.4 is 5.32 Å². The fourth-order valence-corrected chi connectivity index (χ4v) is 3.06. The predicted octanol–water partition coefficient (Wildman–Crippen LogP) is 5.67. The minimum Gasteiger partial charge on any atom is -0.355 e. The van der Waals surface area contributed by atoms with Crippen molar-refractivity contribution in [2.45, 2.75) is 6.92 Å². The van der Waals surface area contributed by atoms with Crippen molar-refractivity contribution in [2.24, 2.45) is 0 Å². The van der Waals surface area contributed by atoms with Crippen LogP contribution in [-0.2, 0) is 0 Å². The van der Waals surface area contributed by atoms with E-state index in [0.29, 0.717) is 8.59 Å². The predicted molar refractivity (Wildman–Crippen MR) is 93.0 cm³/mol. The number of hydrogen-bond acceptors (Lipinski definition) is 3. The zero-order valence-electron chi connectivity index (χ0n) is 10.3. The Labute approximate surface area is 142 Å².